The number of nitrogens with two attached hydrogens (primary N) is 1. The molecule has 1 amide bonds. The first-order valence-corrected chi connectivity index (χ1v) is 5.13. The van der Waals surface area contributed by atoms with E-state index in [1.54, 1.807) is 0 Å². The minimum absolute atomic E-state index is 0.172. The molecule has 0 radical (unpaired) electrons. The van der Waals surface area contributed by atoms with Crippen molar-refractivity contribution in [2.24, 2.45) is 11.7 Å². The molecule has 0 atom stereocenters. The van der Waals surface area contributed by atoms with E-state index in [0.29, 0.717) is 18.9 Å². The van der Waals surface area contributed by atoms with Crippen molar-refractivity contribution in [3.63, 3.8) is 0 Å². The molecular formula is C10H22N2O. The molecule has 0 rings (SSSR count). The van der Waals surface area contributed by atoms with Crippen LogP contribution in [0.15, 0.2) is 0 Å². The summed E-state index contributed by atoms with van der Waals surface area (Å²) in [7, 11) is 0. The predicted octanol–water partition coefficient (Wildman–Crippen LogP) is 1.28. The van der Waals surface area contributed by atoms with Crippen LogP contribution in [0, 0.1) is 5.92 Å². The summed E-state index contributed by atoms with van der Waals surface area (Å²) in [6.07, 6.45) is 3.61. The molecule has 0 fully saturated rings. The van der Waals surface area contributed by atoms with E-state index in [4.69, 9.17) is 5.73 Å². The summed E-state index contributed by atoms with van der Waals surface area (Å²) in [5, 5.41) is 2.88. The van der Waals surface area contributed by atoms with E-state index < -0.39 is 0 Å². The Hall–Kier alpha value is -0.570. The number of unbranched alkanes of at least 4 members (excludes halogenated alkanes) is 1. The monoisotopic (exact) mass is 186 g/mol. The summed E-state index contributed by atoms with van der Waals surface area (Å²) in [6.45, 7) is 5.74. The molecule has 3 nitrogen and oxygen atoms in total. The fourth-order valence-electron chi connectivity index (χ4n) is 1.01. The van der Waals surface area contributed by atoms with Gasteiger partial charge in [0.05, 0.1) is 0 Å². The molecule has 0 saturated heterocycles. The third-order valence-electron chi connectivity index (χ3n) is 1.90. The summed E-state index contributed by atoms with van der Waals surface area (Å²) >= 11 is 0. The van der Waals surface area contributed by atoms with Gasteiger partial charge >= 0.3 is 0 Å². The molecule has 3 heteroatoms. The van der Waals surface area contributed by atoms with Gasteiger partial charge in [-0.25, -0.2) is 0 Å². The van der Waals surface area contributed by atoms with Gasteiger partial charge in [-0.2, -0.15) is 0 Å². The molecule has 0 aliphatic rings. The summed E-state index contributed by atoms with van der Waals surface area (Å²) in [5.41, 5.74) is 5.33. The maximum Gasteiger partial charge on any atom is 0.220 e. The first-order valence-electron chi connectivity index (χ1n) is 5.13. The van der Waals surface area contributed by atoms with Gasteiger partial charge in [0.15, 0.2) is 0 Å². The van der Waals surface area contributed by atoms with E-state index in [2.05, 4.69) is 19.2 Å². The van der Waals surface area contributed by atoms with Crippen molar-refractivity contribution in [2.75, 3.05) is 13.1 Å². The molecule has 0 aromatic heterocycles. The SMILES string of the molecule is CC(C)CCC(=O)NCCCCN. The molecule has 78 valence electrons. The van der Waals surface area contributed by atoms with Gasteiger partial charge in [-0.05, 0) is 31.7 Å². The predicted molar refractivity (Wildman–Crippen MR) is 55.4 cm³/mol. The summed E-state index contributed by atoms with van der Waals surface area (Å²) < 4.78 is 0. The van der Waals surface area contributed by atoms with Crippen LogP contribution in [-0.2, 0) is 4.79 Å². The first kappa shape index (κ1) is 12.4. The highest BCUT2D eigenvalue weighted by Gasteiger charge is 2.01. The molecule has 0 aromatic carbocycles. The van der Waals surface area contributed by atoms with Crippen molar-refractivity contribution in [3.8, 4) is 0 Å². The number of carbonyl (C=O) groups excluding carboxylic acids is 1. The molecule has 0 saturated carbocycles. The quantitative estimate of drug-likeness (QED) is 0.588. The minimum atomic E-state index is 0.172. The highest BCUT2D eigenvalue weighted by atomic mass is 16.1. The Morgan fingerprint density at radius 2 is 2.08 bits per heavy atom. The lowest BCUT2D eigenvalue weighted by Crippen LogP contribution is -2.24. The second-order valence-electron chi connectivity index (χ2n) is 3.78. The normalized spacial score (nSPS) is 10.5. The molecule has 0 bridgehead atoms. The van der Waals surface area contributed by atoms with Gasteiger partial charge in [0, 0.05) is 13.0 Å². The van der Waals surface area contributed by atoms with E-state index >= 15 is 0 Å². The molecular weight excluding hydrogens is 164 g/mol. The Labute approximate surface area is 81.1 Å². The van der Waals surface area contributed by atoms with Crippen molar-refractivity contribution < 1.29 is 4.79 Å². The van der Waals surface area contributed by atoms with Crippen LogP contribution < -0.4 is 11.1 Å². The zero-order valence-corrected chi connectivity index (χ0v) is 8.81. The minimum Gasteiger partial charge on any atom is -0.356 e. The summed E-state index contributed by atoms with van der Waals surface area (Å²) in [4.78, 5) is 11.2. The van der Waals surface area contributed by atoms with E-state index in [1.165, 1.54) is 0 Å². The number of hydrogen-bond acceptors (Lipinski definition) is 2. The molecule has 0 aliphatic heterocycles. The maximum atomic E-state index is 11.2. The second-order valence-corrected chi connectivity index (χ2v) is 3.78. The van der Waals surface area contributed by atoms with Crippen LogP contribution in [0.1, 0.15) is 39.5 Å². The first-order chi connectivity index (χ1) is 6.16. The number of rotatable bonds is 7. The third kappa shape index (κ3) is 9.34. The molecule has 0 aliphatic carbocycles. The smallest absolute Gasteiger partial charge is 0.220 e. The molecule has 0 unspecified atom stereocenters. The van der Waals surface area contributed by atoms with Gasteiger partial charge in [0.2, 0.25) is 5.91 Å². The second kappa shape index (κ2) is 8.05. The number of hydrogen-bond donors (Lipinski definition) is 2. The van der Waals surface area contributed by atoms with Gasteiger partial charge < -0.3 is 11.1 Å². The third-order valence-corrected chi connectivity index (χ3v) is 1.90. The number of nitrogens with one attached hydrogen (secondary N) is 1. The van der Waals surface area contributed by atoms with Crippen LogP contribution in [0.5, 0.6) is 0 Å². The standard InChI is InChI=1S/C10H22N2O/c1-9(2)5-6-10(13)12-8-4-3-7-11/h9H,3-8,11H2,1-2H3,(H,12,13). The molecule has 0 aromatic rings. The largest absolute Gasteiger partial charge is 0.356 e. The van der Waals surface area contributed by atoms with Crippen molar-refractivity contribution in [1.29, 1.82) is 0 Å². The van der Waals surface area contributed by atoms with E-state index in [9.17, 15) is 4.79 Å². The topological polar surface area (TPSA) is 55.1 Å². The Morgan fingerprint density at radius 3 is 2.62 bits per heavy atom. The van der Waals surface area contributed by atoms with Crippen LogP contribution in [-0.4, -0.2) is 19.0 Å². The van der Waals surface area contributed by atoms with Crippen LogP contribution in [0.4, 0.5) is 0 Å². The van der Waals surface area contributed by atoms with Crippen molar-refractivity contribution in [3.05, 3.63) is 0 Å². The Kier molecular flexibility index (Phi) is 7.69. The van der Waals surface area contributed by atoms with E-state index in [-0.39, 0.29) is 5.91 Å². The van der Waals surface area contributed by atoms with Gasteiger partial charge in [-0.3, -0.25) is 4.79 Å². The highest BCUT2D eigenvalue weighted by molar-refractivity contribution is 5.75. The zero-order valence-electron chi connectivity index (χ0n) is 8.81. The molecule has 0 spiro atoms. The average Bonchev–Trinajstić information content (AvgIpc) is 2.09. The van der Waals surface area contributed by atoms with Crippen molar-refractivity contribution in [1.82, 2.24) is 5.32 Å². The van der Waals surface area contributed by atoms with Crippen molar-refractivity contribution in [2.45, 2.75) is 39.5 Å². The fraction of sp³-hybridized carbons (Fsp3) is 0.900. The van der Waals surface area contributed by atoms with Crippen LogP contribution >= 0.6 is 0 Å². The van der Waals surface area contributed by atoms with Crippen LogP contribution in [0.25, 0.3) is 0 Å². The average molecular weight is 186 g/mol. The molecule has 0 heterocycles. The summed E-state index contributed by atoms with van der Waals surface area (Å²) in [5.74, 6) is 0.778. The Bertz CT molecular complexity index is 135. The zero-order chi connectivity index (χ0) is 10.1. The number of carbonyl (C=O) groups is 1. The van der Waals surface area contributed by atoms with Gasteiger partial charge in [0.1, 0.15) is 0 Å². The molecule has 3 N–H and O–H groups in total. The van der Waals surface area contributed by atoms with Gasteiger partial charge in [0.25, 0.3) is 0 Å². The van der Waals surface area contributed by atoms with Gasteiger partial charge in [-0.1, -0.05) is 13.8 Å². The molecule has 13 heavy (non-hydrogen) atoms. The Morgan fingerprint density at radius 1 is 1.38 bits per heavy atom. The number of amides is 1. The van der Waals surface area contributed by atoms with E-state index in [1.807, 2.05) is 0 Å². The fourth-order valence-corrected chi connectivity index (χ4v) is 1.01. The van der Waals surface area contributed by atoms with Gasteiger partial charge in [-0.15, -0.1) is 0 Å². The van der Waals surface area contributed by atoms with Crippen molar-refractivity contribution >= 4 is 5.91 Å². The van der Waals surface area contributed by atoms with Crippen LogP contribution in [0.3, 0.4) is 0 Å². The lowest BCUT2D eigenvalue weighted by molar-refractivity contribution is -0.121. The Balaban J connectivity index is 3.20. The lowest BCUT2D eigenvalue weighted by Gasteiger charge is -2.05. The lowest BCUT2D eigenvalue weighted by atomic mass is 10.1. The maximum absolute atomic E-state index is 11.2. The highest BCUT2D eigenvalue weighted by Crippen LogP contribution is 2.02. The summed E-state index contributed by atoms with van der Waals surface area (Å²) in [6, 6.07) is 0. The van der Waals surface area contributed by atoms with Crippen LogP contribution in [0.2, 0.25) is 0 Å². The van der Waals surface area contributed by atoms with E-state index in [0.717, 1.165) is 25.8 Å².